The number of fused-ring (bicyclic) bond motifs is 13. The van der Waals surface area contributed by atoms with Gasteiger partial charge < -0.3 is 9.13 Å². The maximum absolute atomic E-state index is 9.87. The van der Waals surface area contributed by atoms with Crippen molar-refractivity contribution in [2.45, 2.75) is 0 Å². The Bertz CT molecular complexity index is 3360. The third kappa shape index (κ3) is 3.61. The molecule has 230 valence electrons. The molecule has 0 aliphatic carbocycles. The van der Waals surface area contributed by atoms with Crippen molar-refractivity contribution >= 4 is 107 Å². The minimum absolute atomic E-state index is 0.664. The quantitative estimate of drug-likeness (QED) is 0.184. The van der Waals surface area contributed by atoms with Crippen molar-refractivity contribution in [3.63, 3.8) is 0 Å². The van der Waals surface area contributed by atoms with Gasteiger partial charge in [-0.1, -0.05) is 48.5 Å². The van der Waals surface area contributed by atoms with Crippen LogP contribution >= 0.6 is 22.7 Å². The Morgan fingerprint density at radius 1 is 0.420 bits per heavy atom. The molecule has 11 aromatic rings. The van der Waals surface area contributed by atoms with E-state index in [1.165, 1.54) is 41.0 Å². The first-order valence-corrected chi connectivity index (χ1v) is 18.0. The second kappa shape index (κ2) is 10.0. The highest BCUT2D eigenvalue weighted by molar-refractivity contribution is 7.26. The summed E-state index contributed by atoms with van der Waals surface area (Å²) in [6.07, 6.45) is 0. The van der Waals surface area contributed by atoms with Crippen molar-refractivity contribution in [3.8, 4) is 23.5 Å². The van der Waals surface area contributed by atoms with Crippen molar-refractivity contribution in [1.29, 1.82) is 10.5 Å². The number of rotatable bonds is 2. The van der Waals surface area contributed by atoms with Crippen LogP contribution in [-0.2, 0) is 0 Å². The summed E-state index contributed by atoms with van der Waals surface area (Å²) in [6.45, 7) is 0. The van der Waals surface area contributed by atoms with Gasteiger partial charge in [-0.25, -0.2) is 0 Å². The maximum atomic E-state index is 9.87. The molecule has 0 fully saturated rings. The van der Waals surface area contributed by atoms with Gasteiger partial charge in [-0.2, -0.15) is 10.5 Å². The van der Waals surface area contributed by atoms with E-state index in [2.05, 4.69) is 130 Å². The Labute approximate surface area is 293 Å². The van der Waals surface area contributed by atoms with Crippen LogP contribution in [0, 0.1) is 22.7 Å². The molecule has 0 bridgehead atoms. The van der Waals surface area contributed by atoms with E-state index < -0.39 is 0 Å². The topological polar surface area (TPSA) is 57.4 Å². The Hall–Kier alpha value is -6.44. The molecule has 0 N–H and O–H groups in total. The molecule has 0 aliphatic rings. The van der Waals surface area contributed by atoms with Crippen LogP contribution in [0.3, 0.4) is 0 Å². The molecule has 6 heteroatoms. The summed E-state index contributed by atoms with van der Waals surface area (Å²) < 4.78 is 9.45. The van der Waals surface area contributed by atoms with Gasteiger partial charge in [-0.3, -0.25) is 0 Å². The van der Waals surface area contributed by atoms with Crippen LogP contribution in [0.2, 0.25) is 0 Å². The standard InChI is InChI=1S/C44H22N4S2/c45-23-25-12-15-37-32(20-25)29-7-1-3-10-35(29)47(37)27-13-17-39-33(21-27)34-22-28(14-18-40(34)49-39)48-36-11-4-2-8-30(36)42-38(48)16-19-41-43(42)31-9-5-6-26(24-46)44(31)50-41/h1-22H. The van der Waals surface area contributed by atoms with E-state index in [9.17, 15) is 10.5 Å². The van der Waals surface area contributed by atoms with Crippen molar-refractivity contribution < 1.29 is 0 Å². The van der Waals surface area contributed by atoms with E-state index in [4.69, 9.17) is 0 Å². The summed E-state index contributed by atoms with van der Waals surface area (Å²) in [6, 6.07) is 52.0. The van der Waals surface area contributed by atoms with Gasteiger partial charge in [-0.05, 0) is 84.9 Å². The van der Waals surface area contributed by atoms with Crippen molar-refractivity contribution in [1.82, 2.24) is 9.13 Å². The third-order valence-corrected chi connectivity index (χ3v) is 12.5. The fraction of sp³-hybridized carbons (Fsp3) is 0. The lowest BCUT2D eigenvalue weighted by Gasteiger charge is -2.10. The molecular weight excluding hydrogens is 649 g/mol. The van der Waals surface area contributed by atoms with Crippen molar-refractivity contribution in [2.75, 3.05) is 0 Å². The largest absolute Gasteiger partial charge is 0.309 e. The summed E-state index contributed by atoms with van der Waals surface area (Å²) in [5.74, 6) is 0. The van der Waals surface area contributed by atoms with Gasteiger partial charge in [0.15, 0.2) is 0 Å². The first-order chi connectivity index (χ1) is 24.7. The number of nitriles is 2. The second-order valence-corrected chi connectivity index (χ2v) is 14.9. The van der Waals surface area contributed by atoms with Gasteiger partial charge in [0.25, 0.3) is 0 Å². The molecule has 50 heavy (non-hydrogen) atoms. The van der Waals surface area contributed by atoms with Gasteiger partial charge in [0, 0.05) is 68.6 Å². The van der Waals surface area contributed by atoms with Crippen LogP contribution in [0.15, 0.2) is 133 Å². The predicted octanol–water partition coefficient (Wildman–Crippen LogP) is 12.4. The lowest BCUT2D eigenvalue weighted by atomic mass is 10.0. The van der Waals surface area contributed by atoms with Gasteiger partial charge in [-0.15, -0.1) is 22.7 Å². The first-order valence-electron chi connectivity index (χ1n) is 16.4. The molecule has 0 unspecified atom stereocenters. The zero-order valence-corrected chi connectivity index (χ0v) is 27.9. The number of para-hydroxylation sites is 2. The fourth-order valence-corrected chi connectivity index (χ4v) is 10.3. The molecular formula is C44H22N4S2. The van der Waals surface area contributed by atoms with Crippen LogP contribution in [0.4, 0.5) is 0 Å². The Balaban J connectivity index is 1.17. The maximum Gasteiger partial charge on any atom is 0.101 e. The smallest absolute Gasteiger partial charge is 0.101 e. The van der Waals surface area contributed by atoms with Gasteiger partial charge >= 0.3 is 0 Å². The highest BCUT2D eigenvalue weighted by Gasteiger charge is 2.20. The fourth-order valence-electron chi connectivity index (χ4n) is 8.07. The van der Waals surface area contributed by atoms with E-state index in [1.54, 1.807) is 11.3 Å². The molecule has 0 aliphatic heterocycles. The monoisotopic (exact) mass is 670 g/mol. The molecule has 7 aromatic carbocycles. The minimum Gasteiger partial charge on any atom is -0.309 e. The minimum atomic E-state index is 0.664. The molecule has 0 atom stereocenters. The predicted molar refractivity (Wildman–Crippen MR) is 210 cm³/mol. The molecule has 0 amide bonds. The Morgan fingerprint density at radius 2 is 1.04 bits per heavy atom. The molecule has 4 aromatic heterocycles. The van der Waals surface area contributed by atoms with E-state index >= 15 is 0 Å². The zero-order chi connectivity index (χ0) is 33.1. The first kappa shape index (κ1) is 27.5. The average Bonchev–Trinajstić information content (AvgIpc) is 3.91. The number of thiophene rings is 2. The number of hydrogen-bond acceptors (Lipinski definition) is 4. The second-order valence-electron chi connectivity index (χ2n) is 12.7. The van der Waals surface area contributed by atoms with Crippen LogP contribution in [0.1, 0.15) is 11.1 Å². The Kier molecular flexibility index (Phi) is 5.52. The summed E-state index contributed by atoms with van der Waals surface area (Å²) in [5.41, 5.74) is 8.13. The van der Waals surface area contributed by atoms with E-state index in [-0.39, 0.29) is 0 Å². The van der Waals surface area contributed by atoms with Gasteiger partial charge in [0.2, 0.25) is 0 Å². The molecule has 4 heterocycles. The van der Waals surface area contributed by atoms with Gasteiger partial charge in [0.05, 0.1) is 44.0 Å². The van der Waals surface area contributed by atoms with Crippen molar-refractivity contribution in [3.05, 3.63) is 145 Å². The average molecular weight is 671 g/mol. The lowest BCUT2D eigenvalue weighted by Crippen LogP contribution is -1.94. The van der Waals surface area contributed by atoms with Crippen LogP contribution < -0.4 is 0 Å². The normalized spacial score (nSPS) is 12.0. The highest BCUT2D eigenvalue weighted by Crippen LogP contribution is 2.45. The number of benzene rings is 7. The van der Waals surface area contributed by atoms with Crippen LogP contribution in [0.5, 0.6) is 0 Å². The third-order valence-electron chi connectivity index (χ3n) is 10.2. The highest BCUT2D eigenvalue weighted by atomic mass is 32.1. The summed E-state index contributed by atoms with van der Waals surface area (Å²) in [4.78, 5) is 0. The van der Waals surface area contributed by atoms with Crippen LogP contribution in [-0.4, -0.2) is 9.13 Å². The number of nitrogens with zero attached hydrogens (tertiary/aromatic N) is 4. The molecule has 11 rings (SSSR count). The molecule has 0 saturated heterocycles. The van der Waals surface area contributed by atoms with Crippen molar-refractivity contribution in [2.24, 2.45) is 0 Å². The lowest BCUT2D eigenvalue weighted by molar-refractivity contribution is 1.18. The molecule has 0 radical (unpaired) electrons. The zero-order valence-electron chi connectivity index (χ0n) is 26.3. The van der Waals surface area contributed by atoms with E-state index in [0.29, 0.717) is 5.56 Å². The summed E-state index contributed by atoms with van der Waals surface area (Å²) in [7, 11) is 0. The molecule has 0 saturated carbocycles. The van der Waals surface area contributed by atoms with E-state index in [0.717, 1.165) is 59.9 Å². The summed E-state index contributed by atoms with van der Waals surface area (Å²) >= 11 is 3.52. The number of hydrogen-bond donors (Lipinski definition) is 0. The molecule has 4 nitrogen and oxygen atoms in total. The van der Waals surface area contributed by atoms with E-state index in [1.807, 2.05) is 35.6 Å². The SMILES string of the molecule is N#Cc1ccc2c(c1)c1ccccc1n2-c1ccc2sc3ccc(-n4c5ccccc5c5c6c(ccc54)sc4c(C#N)cccc46)cc3c2c1. The Morgan fingerprint density at radius 3 is 1.78 bits per heavy atom. The number of aromatic nitrogens is 2. The summed E-state index contributed by atoms with van der Waals surface area (Å²) in [5, 5.41) is 29.0. The molecule has 0 spiro atoms. The van der Waals surface area contributed by atoms with Crippen LogP contribution in [0.25, 0.3) is 95.3 Å². The van der Waals surface area contributed by atoms with Gasteiger partial charge in [0.1, 0.15) is 6.07 Å².